The molecule has 100 valence electrons. The van der Waals surface area contributed by atoms with Gasteiger partial charge in [0, 0.05) is 5.02 Å². The molecule has 1 amide bonds. The Morgan fingerprint density at radius 2 is 2.37 bits per heavy atom. The molecule has 0 spiro atoms. The SMILES string of the molecule is C[C@H](Sc1nncs1)C(=O)Nc1ccc(Cl)cc1F. The number of rotatable bonds is 4. The molecule has 2 rings (SSSR count). The van der Waals surface area contributed by atoms with E-state index in [4.69, 9.17) is 11.6 Å². The van der Waals surface area contributed by atoms with Crippen LogP contribution in [-0.4, -0.2) is 21.4 Å². The molecule has 8 heteroatoms. The zero-order valence-electron chi connectivity index (χ0n) is 9.76. The van der Waals surface area contributed by atoms with Crippen molar-refractivity contribution < 1.29 is 9.18 Å². The van der Waals surface area contributed by atoms with E-state index in [1.807, 2.05) is 0 Å². The van der Waals surface area contributed by atoms with Crippen LogP contribution in [0.5, 0.6) is 0 Å². The maximum absolute atomic E-state index is 13.5. The fraction of sp³-hybridized carbons (Fsp3) is 0.182. The highest BCUT2D eigenvalue weighted by Crippen LogP contribution is 2.26. The molecule has 19 heavy (non-hydrogen) atoms. The molecule has 0 bridgehead atoms. The monoisotopic (exact) mass is 317 g/mol. The molecule has 1 heterocycles. The van der Waals surface area contributed by atoms with Gasteiger partial charge in [0.1, 0.15) is 11.3 Å². The standard InChI is InChI=1S/C11H9ClFN3OS2/c1-6(19-11-16-14-5-18-11)10(17)15-9-3-2-7(12)4-8(9)13/h2-6H,1H3,(H,15,17)/t6-/m0/s1. The molecule has 0 aliphatic rings. The lowest BCUT2D eigenvalue weighted by atomic mass is 10.3. The first-order valence-corrected chi connectivity index (χ1v) is 7.38. The number of hydrogen-bond acceptors (Lipinski definition) is 5. The number of amides is 1. The number of nitrogens with zero attached hydrogens (tertiary/aromatic N) is 2. The predicted molar refractivity (Wildman–Crippen MR) is 75.3 cm³/mol. The van der Waals surface area contributed by atoms with Crippen LogP contribution in [0, 0.1) is 5.82 Å². The summed E-state index contributed by atoms with van der Waals surface area (Å²) in [5.41, 5.74) is 1.70. The van der Waals surface area contributed by atoms with Crippen LogP contribution in [0.2, 0.25) is 5.02 Å². The van der Waals surface area contributed by atoms with Crippen molar-refractivity contribution in [3.63, 3.8) is 0 Å². The summed E-state index contributed by atoms with van der Waals surface area (Å²) in [4.78, 5) is 11.9. The van der Waals surface area contributed by atoms with E-state index in [0.717, 1.165) is 6.07 Å². The molecular formula is C11H9ClFN3OS2. The molecule has 0 saturated carbocycles. The largest absolute Gasteiger partial charge is 0.323 e. The van der Waals surface area contributed by atoms with Crippen LogP contribution in [-0.2, 0) is 4.79 Å². The molecular weight excluding hydrogens is 309 g/mol. The lowest BCUT2D eigenvalue weighted by Gasteiger charge is -2.11. The highest BCUT2D eigenvalue weighted by molar-refractivity contribution is 8.02. The van der Waals surface area contributed by atoms with Gasteiger partial charge in [-0.2, -0.15) is 0 Å². The lowest BCUT2D eigenvalue weighted by molar-refractivity contribution is -0.115. The van der Waals surface area contributed by atoms with Crippen molar-refractivity contribution in [1.29, 1.82) is 0 Å². The topological polar surface area (TPSA) is 54.9 Å². The van der Waals surface area contributed by atoms with Gasteiger partial charge in [-0.3, -0.25) is 4.79 Å². The predicted octanol–water partition coefficient (Wildman–Crippen LogP) is 3.45. The molecule has 1 N–H and O–H groups in total. The quantitative estimate of drug-likeness (QED) is 0.878. The van der Waals surface area contributed by atoms with Gasteiger partial charge < -0.3 is 5.32 Å². The normalized spacial score (nSPS) is 12.2. The van der Waals surface area contributed by atoms with Crippen LogP contribution in [0.1, 0.15) is 6.92 Å². The van der Waals surface area contributed by atoms with Gasteiger partial charge in [0.25, 0.3) is 0 Å². The molecule has 0 aliphatic heterocycles. The smallest absolute Gasteiger partial charge is 0.237 e. The van der Waals surface area contributed by atoms with Crippen molar-refractivity contribution in [2.45, 2.75) is 16.5 Å². The first-order chi connectivity index (χ1) is 9.06. The second-order valence-corrected chi connectivity index (χ2v) is 6.44. The van der Waals surface area contributed by atoms with Crippen LogP contribution in [0.3, 0.4) is 0 Å². The van der Waals surface area contributed by atoms with Crippen LogP contribution in [0.4, 0.5) is 10.1 Å². The van der Waals surface area contributed by atoms with E-state index in [9.17, 15) is 9.18 Å². The van der Waals surface area contributed by atoms with Gasteiger partial charge in [-0.1, -0.05) is 34.7 Å². The molecule has 0 unspecified atom stereocenters. The third-order valence-electron chi connectivity index (χ3n) is 2.18. The lowest BCUT2D eigenvalue weighted by Crippen LogP contribution is -2.22. The molecule has 1 atom stereocenters. The van der Waals surface area contributed by atoms with Gasteiger partial charge in [-0.25, -0.2) is 4.39 Å². The first kappa shape index (κ1) is 14.2. The Hall–Kier alpha value is -1.18. The Kier molecular flexibility index (Phi) is 4.73. The van der Waals surface area contributed by atoms with E-state index in [-0.39, 0.29) is 16.6 Å². The molecule has 0 radical (unpaired) electrons. The van der Waals surface area contributed by atoms with Crippen LogP contribution in [0.15, 0.2) is 28.0 Å². The van der Waals surface area contributed by atoms with Crippen molar-refractivity contribution in [3.8, 4) is 0 Å². The van der Waals surface area contributed by atoms with Crippen molar-refractivity contribution in [3.05, 3.63) is 34.5 Å². The minimum absolute atomic E-state index is 0.110. The molecule has 2 aromatic rings. The summed E-state index contributed by atoms with van der Waals surface area (Å²) in [6.45, 7) is 1.72. The highest BCUT2D eigenvalue weighted by Gasteiger charge is 2.17. The van der Waals surface area contributed by atoms with Gasteiger partial charge in [0.15, 0.2) is 4.34 Å². The number of thioether (sulfide) groups is 1. The molecule has 1 aromatic heterocycles. The number of nitrogens with one attached hydrogen (secondary N) is 1. The van der Waals surface area contributed by atoms with Crippen molar-refractivity contribution in [2.24, 2.45) is 0 Å². The number of aromatic nitrogens is 2. The van der Waals surface area contributed by atoms with Gasteiger partial charge in [0.05, 0.1) is 10.9 Å². The summed E-state index contributed by atoms with van der Waals surface area (Å²) in [5, 5.41) is 9.92. The van der Waals surface area contributed by atoms with E-state index < -0.39 is 11.1 Å². The minimum atomic E-state index is -0.561. The number of hydrogen-bond donors (Lipinski definition) is 1. The Morgan fingerprint density at radius 1 is 1.58 bits per heavy atom. The van der Waals surface area contributed by atoms with Crippen LogP contribution in [0.25, 0.3) is 0 Å². The Morgan fingerprint density at radius 3 is 3.00 bits per heavy atom. The Balaban J connectivity index is 2.00. The second kappa shape index (κ2) is 6.31. The zero-order chi connectivity index (χ0) is 13.8. The summed E-state index contributed by atoms with van der Waals surface area (Å²) in [7, 11) is 0. The molecule has 4 nitrogen and oxygen atoms in total. The molecule has 0 fully saturated rings. The number of halogens is 2. The molecule has 0 saturated heterocycles. The van der Waals surface area contributed by atoms with Crippen molar-refractivity contribution >= 4 is 46.3 Å². The molecule has 0 aliphatic carbocycles. The Bertz CT molecular complexity index is 579. The van der Waals surface area contributed by atoms with Crippen molar-refractivity contribution in [2.75, 3.05) is 5.32 Å². The van der Waals surface area contributed by atoms with E-state index in [1.54, 1.807) is 12.4 Å². The highest BCUT2D eigenvalue weighted by atomic mass is 35.5. The van der Waals surface area contributed by atoms with Gasteiger partial charge in [0.2, 0.25) is 5.91 Å². The fourth-order valence-electron chi connectivity index (χ4n) is 1.24. The third-order valence-corrected chi connectivity index (χ3v) is 4.32. The maximum atomic E-state index is 13.5. The zero-order valence-corrected chi connectivity index (χ0v) is 12.2. The van der Waals surface area contributed by atoms with E-state index in [0.29, 0.717) is 4.34 Å². The van der Waals surface area contributed by atoms with Crippen molar-refractivity contribution in [1.82, 2.24) is 10.2 Å². The van der Waals surface area contributed by atoms with Gasteiger partial charge in [-0.05, 0) is 25.1 Å². The van der Waals surface area contributed by atoms with Gasteiger partial charge in [-0.15, -0.1) is 10.2 Å². The van der Waals surface area contributed by atoms with E-state index in [1.165, 1.54) is 35.2 Å². The average molecular weight is 318 g/mol. The number of carbonyl (C=O) groups excluding carboxylic acids is 1. The minimum Gasteiger partial charge on any atom is -0.323 e. The summed E-state index contributed by atoms with van der Waals surface area (Å²) in [6, 6.07) is 4.10. The van der Waals surface area contributed by atoms with Crippen LogP contribution >= 0.6 is 34.7 Å². The Labute approximate surface area is 122 Å². The maximum Gasteiger partial charge on any atom is 0.237 e. The van der Waals surface area contributed by atoms with E-state index >= 15 is 0 Å². The number of benzene rings is 1. The average Bonchev–Trinajstić information content (AvgIpc) is 2.85. The van der Waals surface area contributed by atoms with Gasteiger partial charge >= 0.3 is 0 Å². The second-order valence-electron chi connectivity index (χ2n) is 3.58. The third kappa shape index (κ3) is 3.89. The van der Waals surface area contributed by atoms with E-state index in [2.05, 4.69) is 15.5 Å². The van der Waals surface area contributed by atoms with Crippen LogP contribution < -0.4 is 5.32 Å². The summed E-state index contributed by atoms with van der Waals surface area (Å²) < 4.78 is 14.2. The molecule has 1 aromatic carbocycles. The first-order valence-electron chi connectivity index (χ1n) is 5.25. The summed E-state index contributed by atoms with van der Waals surface area (Å²) >= 11 is 8.26. The number of carbonyl (C=O) groups is 1. The summed E-state index contributed by atoms with van der Waals surface area (Å²) in [5.74, 6) is -0.865. The number of anilines is 1. The fourth-order valence-corrected chi connectivity index (χ4v) is 3.03. The summed E-state index contributed by atoms with van der Waals surface area (Å²) in [6.07, 6.45) is 0.